The monoisotopic (exact) mass is 353 g/mol. The molecule has 0 aromatic carbocycles. The molecule has 8 nitrogen and oxygen atoms in total. The summed E-state index contributed by atoms with van der Waals surface area (Å²) in [6.45, 7) is 4.41. The van der Waals surface area contributed by atoms with Crippen molar-refractivity contribution >= 4 is 0 Å². The van der Waals surface area contributed by atoms with E-state index in [2.05, 4.69) is 25.1 Å². The van der Waals surface area contributed by atoms with Crippen LogP contribution in [-0.2, 0) is 24.4 Å². The molecule has 138 valence electrons. The molecule has 0 unspecified atom stereocenters. The van der Waals surface area contributed by atoms with Crippen molar-refractivity contribution in [2.45, 2.75) is 45.3 Å². The van der Waals surface area contributed by atoms with E-state index in [-0.39, 0.29) is 6.04 Å². The molecule has 1 saturated heterocycles. The summed E-state index contributed by atoms with van der Waals surface area (Å²) in [6.07, 6.45) is -0.306. The van der Waals surface area contributed by atoms with Gasteiger partial charge in [-0.05, 0) is 20.4 Å². The van der Waals surface area contributed by atoms with Gasteiger partial charge in [-0.2, -0.15) is 4.98 Å². The lowest BCUT2D eigenvalue weighted by Gasteiger charge is -2.26. The highest BCUT2D eigenvalue weighted by molar-refractivity contribution is 5.04. The summed E-state index contributed by atoms with van der Waals surface area (Å²) in [5, 5.41) is 7.83. The van der Waals surface area contributed by atoms with E-state index < -0.39 is 6.17 Å². The van der Waals surface area contributed by atoms with Crippen LogP contribution in [0.2, 0.25) is 0 Å². The maximum Gasteiger partial charge on any atom is 0.252 e. The molecule has 0 spiro atoms. The number of methoxy groups -OCH3 is 1. The van der Waals surface area contributed by atoms with E-state index in [1.807, 2.05) is 20.0 Å². The summed E-state index contributed by atoms with van der Waals surface area (Å²) >= 11 is 0. The zero-order valence-electron chi connectivity index (χ0n) is 14.8. The Balaban J connectivity index is 1.55. The van der Waals surface area contributed by atoms with E-state index in [4.69, 9.17) is 13.8 Å². The first-order valence-corrected chi connectivity index (χ1v) is 8.32. The largest absolute Gasteiger partial charge is 0.375 e. The summed E-state index contributed by atoms with van der Waals surface area (Å²) in [6, 6.07) is 2.00. The van der Waals surface area contributed by atoms with Crippen LogP contribution in [0.25, 0.3) is 0 Å². The molecule has 2 aromatic rings. The fourth-order valence-electron chi connectivity index (χ4n) is 3.20. The van der Waals surface area contributed by atoms with Gasteiger partial charge in [0, 0.05) is 32.3 Å². The van der Waals surface area contributed by atoms with Crippen LogP contribution >= 0.6 is 0 Å². The van der Waals surface area contributed by atoms with Gasteiger partial charge in [-0.1, -0.05) is 10.3 Å². The Morgan fingerprint density at radius 3 is 2.96 bits per heavy atom. The smallest absolute Gasteiger partial charge is 0.252 e. The number of alkyl halides is 1. The summed E-state index contributed by atoms with van der Waals surface area (Å²) in [5.41, 5.74) is 0.837. The second kappa shape index (κ2) is 8.03. The Kier molecular flexibility index (Phi) is 5.77. The van der Waals surface area contributed by atoms with E-state index in [0.29, 0.717) is 50.9 Å². The number of ether oxygens (including phenoxy) is 1. The fraction of sp³-hybridized carbons (Fsp3) is 0.688. The summed E-state index contributed by atoms with van der Waals surface area (Å²) in [5.74, 6) is 1.82. The molecule has 0 saturated carbocycles. The third-order valence-corrected chi connectivity index (χ3v) is 4.22. The van der Waals surface area contributed by atoms with Crippen molar-refractivity contribution in [3.8, 4) is 0 Å². The quantitative estimate of drug-likeness (QED) is 0.707. The van der Waals surface area contributed by atoms with Crippen LogP contribution in [0.15, 0.2) is 15.1 Å². The first kappa shape index (κ1) is 18.0. The van der Waals surface area contributed by atoms with Gasteiger partial charge in [0.15, 0.2) is 11.6 Å². The average Bonchev–Trinajstić information content (AvgIpc) is 3.23. The Morgan fingerprint density at radius 1 is 1.40 bits per heavy atom. The lowest BCUT2D eigenvalue weighted by atomic mass is 10.2. The number of rotatable bonds is 8. The maximum atomic E-state index is 13.9. The molecule has 1 aliphatic heterocycles. The number of nitrogens with zero attached hydrogens (tertiary/aromatic N) is 5. The number of halogens is 1. The van der Waals surface area contributed by atoms with Crippen molar-refractivity contribution in [3.63, 3.8) is 0 Å². The van der Waals surface area contributed by atoms with E-state index in [1.54, 1.807) is 7.11 Å². The van der Waals surface area contributed by atoms with Crippen LogP contribution in [0.4, 0.5) is 4.39 Å². The Morgan fingerprint density at radius 2 is 2.24 bits per heavy atom. The molecule has 0 amide bonds. The number of aryl methyl sites for hydroxylation is 1. The number of likely N-dealkylation sites (N-methyl/N-ethyl adjacent to an activating group) is 1. The maximum absolute atomic E-state index is 13.9. The normalized spacial score (nSPS) is 21.5. The van der Waals surface area contributed by atoms with Gasteiger partial charge in [0.25, 0.3) is 5.89 Å². The van der Waals surface area contributed by atoms with Crippen molar-refractivity contribution in [3.05, 3.63) is 29.2 Å². The molecule has 9 heteroatoms. The topological polar surface area (TPSA) is 80.7 Å². The second-order valence-electron chi connectivity index (χ2n) is 6.58. The SMILES string of the molecule is COCc1nc(CN(C)C[C@@H]2C[C@H](F)CN2Cc2cc(C)no2)no1. The highest BCUT2D eigenvalue weighted by atomic mass is 19.1. The highest BCUT2D eigenvalue weighted by Gasteiger charge is 2.33. The van der Waals surface area contributed by atoms with Gasteiger partial charge < -0.3 is 13.8 Å². The van der Waals surface area contributed by atoms with Crippen molar-refractivity contribution in [2.75, 3.05) is 27.2 Å². The lowest BCUT2D eigenvalue weighted by molar-refractivity contribution is 0.151. The molecule has 2 aromatic heterocycles. The average molecular weight is 353 g/mol. The third kappa shape index (κ3) is 4.83. The van der Waals surface area contributed by atoms with Gasteiger partial charge in [0.1, 0.15) is 12.8 Å². The zero-order chi connectivity index (χ0) is 17.8. The molecule has 0 bridgehead atoms. The van der Waals surface area contributed by atoms with Crippen LogP contribution < -0.4 is 0 Å². The first-order valence-electron chi connectivity index (χ1n) is 8.32. The number of aromatic nitrogens is 3. The van der Waals surface area contributed by atoms with E-state index >= 15 is 0 Å². The molecule has 3 heterocycles. The van der Waals surface area contributed by atoms with Crippen molar-refractivity contribution in [1.82, 2.24) is 25.1 Å². The van der Waals surface area contributed by atoms with Crippen molar-refractivity contribution < 1.29 is 18.2 Å². The standard InChI is InChI=1S/C16H24FN5O3/c1-11-4-14(24-19-11)8-22-6-12(17)5-13(22)7-21(2)9-15-18-16(10-23-3)25-20-15/h4,12-13H,5-10H2,1-3H3/t12-,13-/m0/s1. The summed E-state index contributed by atoms with van der Waals surface area (Å²) in [7, 11) is 3.54. The number of hydrogen-bond acceptors (Lipinski definition) is 8. The Bertz CT molecular complexity index is 676. The van der Waals surface area contributed by atoms with Gasteiger partial charge in [-0.15, -0.1) is 0 Å². The van der Waals surface area contributed by atoms with Crippen LogP contribution in [0.3, 0.4) is 0 Å². The number of hydrogen-bond donors (Lipinski definition) is 0. The lowest BCUT2D eigenvalue weighted by Crippen LogP contribution is -2.38. The Hall–Kier alpha value is -1.84. The predicted molar refractivity (Wildman–Crippen MR) is 86.3 cm³/mol. The minimum atomic E-state index is -0.819. The molecule has 25 heavy (non-hydrogen) atoms. The molecule has 0 aliphatic carbocycles. The molecular weight excluding hydrogens is 329 g/mol. The van der Waals surface area contributed by atoms with Crippen LogP contribution in [0, 0.1) is 6.92 Å². The zero-order valence-corrected chi connectivity index (χ0v) is 14.8. The van der Waals surface area contributed by atoms with Gasteiger partial charge in [0.05, 0.1) is 18.8 Å². The van der Waals surface area contributed by atoms with E-state index in [1.165, 1.54) is 0 Å². The number of likely N-dealkylation sites (tertiary alicyclic amines) is 1. The van der Waals surface area contributed by atoms with Gasteiger partial charge in [-0.25, -0.2) is 4.39 Å². The summed E-state index contributed by atoms with van der Waals surface area (Å²) < 4.78 is 29.3. The third-order valence-electron chi connectivity index (χ3n) is 4.22. The molecule has 0 N–H and O–H groups in total. The molecular formula is C16H24FN5O3. The molecule has 3 rings (SSSR count). The van der Waals surface area contributed by atoms with Gasteiger partial charge in [-0.3, -0.25) is 9.80 Å². The minimum Gasteiger partial charge on any atom is -0.375 e. The highest BCUT2D eigenvalue weighted by Crippen LogP contribution is 2.24. The van der Waals surface area contributed by atoms with Crippen molar-refractivity contribution in [1.29, 1.82) is 0 Å². The van der Waals surface area contributed by atoms with Crippen molar-refractivity contribution in [2.24, 2.45) is 0 Å². The predicted octanol–water partition coefficient (Wildman–Crippen LogP) is 1.56. The Labute approximate surface area is 145 Å². The molecule has 1 aliphatic rings. The minimum absolute atomic E-state index is 0.107. The van der Waals surface area contributed by atoms with E-state index in [0.717, 1.165) is 11.5 Å². The molecule has 0 radical (unpaired) electrons. The van der Waals surface area contributed by atoms with Gasteiger partial charge >= 0.3 is 0 Å². The first-order chi connectivity index (χ1) is 12.0. The molecule has 2 atom stereocenters. The summed E-state index contributed by atoms with van der Waals surface area (Å²) in [4.78, 5) is 8.44. The second-order valence-corrected chi connectivity index (χ2v) is 6.58. The van der Waals surface area contributed by atoms with Crippen LogP contribution in [-0.4, -0.2) is 64.6 Å². The fourth-order valence-corrected chi connectivity index (χ4v) is 3.20. The van der Waals surface area contributed by atoms with Crippen LogP contribution in [0.1, 0.15) is 29.6 Å². The molecule has 1 fully saturated rings. The van der Waals surface area contributed by atoms with Gasteiger partial charge in [0.2, 0.25) is 0 Å². The van der Waals surface area contributed by atoms with Crippen LogP contribution in [0.5, 0.6) is 0 Å². The van der Waals surface area contributed by atoms with E-state index in [9.17, 15) is 4.39 Å².